The van der Waals surface area contributed by atoms with Crippen molar-refractivity contribution < 1.29 is 19.2 Å². The lowest BCUT2D eigenvalue weighted by Crippen LogP contribution is -2.43. The number of carbonyl (C=O) groups excluding carboxylic acids is 4. The van der Waals surface area contributed by atoms with Gasteiger partial charge in [-0.3, -0.25) is 29.4 Å². The molecule has 1 saturated heterocycles. The SMILES string of the molecule is CCC(C)(CC)C1CCC(N2C(=O)C3=Cc4cc5c(cc4[C@H](C)C=C3C2=O)C(=O)NC5=O)CC1. The van der Waals surface area contributed by atoms with Crippen LogP contribution in [0.2, 0.25) is 0 Å². The van der Waals surface area contributed by atoms with E-state index in [1.165, 1.54) is 4.90 Å². The summed E-state index contributed by atoms with van der Waals surface area (Å²) in [5.74, 6) is -0.835. The van der Waals surface area contributed by atoms with Crippen LogP contribution in [-0.2, 0) is 9.59 Å². The largest absolute Gasteiger partial charge is 0.288 e. The van der Waals surface area contributed by atoms with Gasteiger partial charge in [0.25, 0.3) is 23.6 Å². The lowest BCUT2D eigenvalue weighted by atomic mass is 9.66. The molecule has 6 heteroatoms. The van der Waals surface area contributed by atoms with Crippen LogP contribution in [0.5, 0.6) is 0 Å². The Morgan fingerprint density at radius 3 is 2.12 bits per heavy atom. The Morgan fingerprint density at radius 1 is 0.912 bits per heavy atom. The average molecular weight is 461 g/mol. The van der Waals surface area contributed by atoms with Crippen molar-refractivity contribution in [2.75, 3.05) is 0 Å². The Hall–Kier alpha value is -3.02. The Bertz CT molecular complexity index is 1180. The number of rotatable bonds is 4. The molecule has 34 heavy (non-hydrogen) atoms. The molecule has 1 saturated carbocycles. The summed E-state index contributed by atoms with van der Waals surface area (Å²) < 4.78 is 0. The van der Waals surface area contributed by atoms with Gasteiger partial charge in [-0.1, -0.05) is 46.6 Å². The zero-order chi connectivity index (χ0) is 24.4. The topological polar surface area (TPSA) is 83.6 Å². The molecule has 4 amide bonds. The molecule has 1 aromatic rings. The summed E-state index contributed by atoms with van der Waals surface area (Å²) in [5, 5.41) is 2.33. The quantitative estimate of drug-likeness (QED) is 0.657. The lowest BCUT2D eigenvalue weighted by molar-refractivity contribution is -0.140. The van der Waals surface area contributed by atoms with Gasteiger partial charge in [0.2, 0.25) is 0 Å². The van der Waals surface area contributed by atoms with Crippen molar-refractivity contribution >= 4 is 29.7 Å². The monoisotopic (exact) mass is 460 g/mol. The molecule has 178 valence electrons. The van der Waals surface area contributed by atoms with Crippen LogP contribution >= 0.6 is 0 Å². The third kappa shape index (κ3) is 3.29. The van der Waals surface area contributed by atoms with E-state index in [2.05, 4.69) is 26.1 Å². The standard InChI is InChI=1S/C28H32N2O4/c1-5-28(4,6-2)17-7-9-18(10-8-17)30-26(33)22-11-15(3)19-14-21-20(24(31)29-25(21)32)12-16(19)13-23(22)27(30)34/h11-15,17-18H,5-10H2,1-4H3,(H,29,31,32)/t15-,17?,18?/m1/s1. The molecular formula is C28H32N2O4. The number of hydrogen-bond acceptors (Lipinski definition) is 4. The summed E-state index contributed by atoms with van der Waals surface area (Å²) in [7, 11) is 0. The highest BCUT2D eigenvalue weighted by Gasteiger charge is 2.46. The summed E-state index contributed by atoms with van der Waals surface area (Å²) >= 11 is 0. The van der Waals surface area contributed by atoms with Crippen LogP contribution in [-0.4, -0.2) is 34.6 Å². The molecule has 2 fully saturated rings. The van der Waals surface area contributed by atoms with Gasteiger partial charge in [0.15, 0.2) is 0 Å². The first-order chi connectivity index (χ1) is 16.2. The van der Waals surface area contributed by atoms with E-state index >= 15 is 0 Å². The number of fused-ring (bicyclic) bond motifs is 3. The van der Waals surface area contributed by atoms with Crippen molar-refractivity contribution in [1.82, 2.24) is 10.2 Å². The smallest absolute Gasteiger partial charge is 0.261 e. The van der Waals surface area contributed by atoms with Crippen molar-refractivity contribution in [2.24, 2.45) is 11.3 Å². The minimum Gasteiger partial charge on any atom is -0.288 e. The maximum absolute atomic E-state index is 13.5. The molecule has 2 heterocycles. The summed E-state index contributed by atoms with van der Waals surface area (Å²) in [5.41, 5.74) is 3.37. The van der Waals surface area contributed by atoms with E-state index in [0.717, 1.165) is 44.1 Å². The van der Waals surface area contributed by atoms with Crippen LogP contribution in [0.25, 0.3) is 6.08 Å². The van der Waals surface area contributed by atoms with Crippen LogP contribution in [0.4, 0.5) is 0 Å². The van der Waals surface area contributed by atoms with Gasteiger partial charge in [-0.25, -0.2) is 0 Å². The van der Waals surface area contributed by atoms with Gasteiger partial charge >= 0.3 is 0 Å². The number of imide groups is 2. The average Bonchev–Trinajstić information content (AvgIpc) is 3.17. The summed E-state index contributed by atoms with van der Waals surface area (Å²) in [6, 6.07) is 3.32. The lowest BCUT2D eigenvalue weighted by Gasteiger charge is -2.42. The van der Waals surface area contributed by atoms with Gasteiger partial charge in [-0.05, 0) is 66.4 Å². The summed E-state index contributed by atoms with van der Waals surface area (Å²) in [6.07, 6.45) is 9.63. The number of hydrogen-bond donors (Lipinski definition) is 1. The second kappa shape index (κ2) is 8.03. The molecule has 0 radical (unpaired) electrons. The van der Waals surface area contributed by atoms with E-state index in [0.29, 0.717) is 39.2 Å². The Morgan fingerprint density at radius 2 is 1.50 bits per heavy atom. The van der Waals surface area contributed by atoms with Crippen LogP contribution in [0.1, 0.15) is 104 Å². The Kier molecular flexibility index (Phi) is 5.38. The molecule has 1 atom stereocenters. The number of likely N-dealkylation sites (tertiary alicyclic amines) is 1. The molecule has 4 aliphatic rings. The van der Waals surface area contributed by atoms with E-state index in [1.54, 1.807) is 18.2 Å². The first-order valence-corrected chi connectivity index (χ1v) is 12.5. The summed E-state index contributed by atoms with van der Waals surface area (Å²) in [4.78, 5) is 52.8. The number of carbonyl (C=O) groups is 4. The zero-order valence-electron chi connectivity index (χ0n) is 20.4. The number of allylic oxidation sites excluding steroid dienone is 1. The van der Waals surface area contributed by atoms with Crippen molar-refractivity contribution in [3.8, 4) is 0 Å². The third-order valence-corrected chi connectivity index (χ3v) is 9.00. The van der Waals surface area contributed by atoms with Crippen molar-refractivity contribution in [3.05, 3.63) is 51.6 Å². The fourth-order valence-corrected chi connectivity index (χ4v) is 6.33. The highest BCUT2D eigenvalue weighted by atomic mass is 16.2. The molecule has 5 rings (SSSR count). The minimum atomic E-state index is -0.426. The van der Waals surface area contributed by atoms with Crippen molar-refractivity contribution in [1.29, 1.82) is 0 Å². The Labute approximate surface area is 200 Å². The molecule has 1 N–H and O–H groups in total. The minimum absolute atomic E-state index is 0.0684. The van der Waals surface area contributed by atoms with Gasteiger partial charge in [-0.2, -0.15) is 0 Å². The third-order valence-electron chi connectivity index (χ3n) is 9.00. The van der Waals surface area contributed by atoms with Crippen molar-refractivity contribution in [3.63, 3.8) is 0 Å². The van der Waals surface area contributed by atoms with E-state index in [-0.39, 0.29) is 23.8 Å². The second-order valence-corrected chi connectivity index (χ2v) is 10.6. The van der Waals surface area contributed by atoms with Crippen LogP contribution in [0, 0.1) is 11.3 Å². The molecule has 6 nitrogen and oxygen atoms in total. The molecule has 2 aliphatic heterocycles. The molecule has 0 spiro atoms. The Balaban J connectivity index is 1.45. The predicted molar refractivity (Wildman–Crippen MR) is 129 cm³/mol. The highest BCUT2D eigenvalue weighted by molar-refractivity contribution is 6.27. The van der Waals surface area contributed by atoms with Gasteiger partial charge in [0, 0.05) is 17.5 Å². The number of benzene rings is 1. The number of amides is 4. The fourth-order valence-electron chi connectivity index (χ4n) is 6.33. The molecule has 0 aromatic heterocycles. The van der Waals surface area contributed by atoms with Crippen LogP contribution in [0.15, 0.2) is 29.4 Å². The van der Waals surface area contributed by atoms with Gasteiger partial charge < -0.3 is 0 Å². The van der Waals surface area contributed by atoms with E-state index in [4.69, 9.17) is 0 Å². The number of nitrogens with zero attached hydrogens (tertiary/aromatic N) is 1. The van der Waals surface area contributed by atoms with Gasteiger partial charge in [-0.15, -0.1) is 0 Å². The maximum Gasteiger partial charge on any atom is 0.261 e. The summed E-state index contributed by atoms with van der Waals surface area (Å²) in [6.45, 7) is 8.82. The second-order valence-electron chi connectivity index (χ2n) is 10.6. The molecular weight excluding hydrogens is 428 g/mol. The highest BCUT2D eigenvalue weighted by Crippen LogP contribution is 2.46. The number of nitrogens with one attached hydrogen (secondary N) is 1. The van der Waals surface area contributed by atoms with Crippen molar-refractivity contribution in [2.45, 2.75) is 78.2 Å². The predicted octanol–water partition coefficient (Wildman–Crippen LogP) is 4.75. The van der Waals surface area contributed by atoms with E-state index in [1.807, 2.05) is 13.0 Å². The first-order valence-electron chi connectivity index (χ1n) is 12.5. The molecule has 0 bridgehead atoms. The van der Waals surface area contributed by atoms with Crippen LogP contribution < -0.4 is 5.32 Å². The van der Waals surface area contributed by atoms with Crippen LogP contribution in [0.3, 0.4) is 0 Å². The fraction of sp³-hybridized carbons (Fsp3) is 0.500. The first kappa shape index (κ1) is 22.8. The zero-order valence-corrected chi connectivity index (χ0v) is 20.4. The van der Waals surface area contributed by atoms with E-state index in [9.17, 15) is 19.2 Å². The molecule has 0 unspecified atom stereocenters. The molecule has 1 aromatic carbocycles. The normalized spacial score (nSPS) is 26.5. The van der Waals surface area contributed by atoms with Gasteiger partial charge in [0.05, 0.1) is 16.7 Å². The maximum atomic E-state index is 13.5. The van der Waals surface area contributed by atoms with Gasteiger partial charge in [0.1, 0.15) is 0 Å². The molecule has 2 aliphatic carbocycles. The van der Waals surface area contributed by atoms with E-state index < -0.39 is 11.8 Å².